The molecule has 6 nitrogen and oxygen atoms in total. The van der Waals surface area contributed by atoms with Crippen LogP contribution in [0.5, 0.6) is 0 Å². The molecule has 2 aromatic heterocycles. The molecule has 7 heteroatoms. The van der Waals surface area contributed by atoms with Crippen LogP contribution in [-0.4, -0.2) is 45.9 Å². The zero-order valence-electron chi connectivity index (χ0n) is 15.0. The maximum Gasteiger partial charge on any atom is 0.262 e. The van der Waals surface area contributed by atoms with E-state index in [2.05, 4.69) is 18.9 Å². The number of hydrogen-bond acceptors (Lipinski definition) is 5. The monoisotopic (exact) mass is 360 g/mol. The van der Waals surface area contributed by atoms with Gasteiger partial charge in [-0.05, 0) is 25.5 Å². The zero-order chi connectivity index (χ0) is 17.7. The standard InChI is InChI=1S/C18H24N4O2S/c1-4-5-11-8-15(23)21(3)10-14-19-17-16(18(24)22(11)14)12-6-7-20(2)9-13(12)25-17/h11H,4-10H2,1-3H3. The summed E-state index contributed by atoms with van der Waals surface area (Å²) in [6, 6.07) is -0.0799. The van der Waals surface area contributed by atoms with Crippen LogP contribution in [0.25, 0.3) is 10.2 Å². The van der Waals surface area contributed by atoms with Gasteiger partial charge in [0.05, 0.1) is 11.9 Å². The van der Waals surface area contributed by atoms with Crippen LogP contribution in [0.4, 0.5) is 0 Å². The first-order chi connectivity index (χ1) is 12.0. The van der Waals surface area contributed by atoms with Crippen molar-refractivity contribution in [2.24, 2.45) is 0 Å². The number of aromatic nitrogens is 2. The molecule has 2 aromatic rings. The lowest BCUT2D eigenvalue weighted by molar-refractivity contribution is -0.130. The van der Waals surface area contributed by atoms with Crippen LogP contribution < -0.4 is 5.56 Å². The van der Waals surface area contributed by atoms with Crippen molar-refractivity contribution >= 4 is 27.5 Å². The van der Waals surface area contributed by atoms with E-state index in [1.54, 1.807) is 23.3 Å². The predicted molar refractivity (Wildman–Crippen MR) is 99.0 cm³/mol. The van der Waals surface area contributed by atoms with Gasteiger partial charge in [0.1, 0.15) is 10.7 Å². The second-order valence-electron chi connectivity index (χ2n) is 7.27. The lowest BCUT2D eigenvalue weighted by Crippen LogP contribution is -2.30. The van der Waals surface area contributed by atoms with E-state index in [9.17, 15) is 9.59 Å². The Labute approximate surface area is 151 Å². The molecule has 2 aliphatic rings. The predicted octanol–water partition coefficient (Wildman–Crippen LogP) is 2.15. The second kappa shape index (κ2) is 6.21. The molecule has 1 unspecified atom stereocenters. The van der Waals surface area contributed by atoms with Crippen molar-refractivity contribution in [3.63, 3.8) is 0 Å². The molecule has 0 saturated carbocycles. The minimum Gasteiger partial charge on any atom is -0.338 e. The van der Waals surface area contributed by atoms with E-state index >= 15 is 0 Å². The molecule has 0 aliphatic carbocycles. The minimum absolute atomic E-state index is 0.0589. The summed E-state index contributed by atoms with van der Waals surface area (Å²) >= 11 is 1.64. The number of carbonyl (C=O) groups excluding carboxylic acids is 1. The number of amides is 1. The van der Waals surface area contributed by atoms with E-state index in [4.69, 9.17) is 4.98 Å². The highest BCUT2D eigenvalue weighted by molar-refractivity contribution is 7.18. The average molecular weight is 360 g/mol. The molecule has 0 aromatic carbocycles. The summed E-state index contributed by atoms with van der Waals surface area (Å²) in [5.74, 6) is 0.826. The van der Waals surface area contributed by atoms with Crippen molar-refractivity contribution in [3.8, 4) is 0 Å². The first kappa shape index (κ1) is 16.7. The first-order valence-electron chi connectivity index (χ1n) is 8.97. The molecule has 0 fully saturated rings. The van der Waals surface area contributed by atoms with Gasteiger partial charge in [-0.25, -0.2) is 4.98 Å². The normalized spacial score (nSPS) is 21.3. The largest absolute Gasteiger partial charge is 0.338 e. The Morgan fingerprint density at radius 3 is 2.80 bits per heavy atom. The van der Waals surface area contributed by atoms with E-state index < -0.39 is 0 Å². The fraction of sp³-hybridized carbons (Fsp3) is 0.611. The quantitative estimate of drug-likeness (QED) is 0.823. The fourth-order valence-corrected chi connectivity index (χ4v) is 5.34. The Kier molecular flexibility index (Phi) is 4.16. The van der Waals surface area contributed by atoms with Crippen LogP contribution in [-0.2, 0) is 24.3 Å². The average Bonchev–Trinajstić information content (AvgIpc) is 2.86. The van der Waals surface area contributed by atoms with E-state index in [0.717, 1.165) is 48.4 Å². The number of thiophene rings is 1. The van der Waals surface area contributed by atoms with Gasteiger partial charge < -0.3 is 9.80 Å². The SMILES string of the molecule is CCCC1CC(=O)N(C)Cc2nc3sc4c(c3c(=O)n21)CCN(C)C4. The summed E-state index contributed by atoms with van der Waals surface area (Å²) < 4.78 is 1.83. The van der Waals surface area contributed by atoms with E-state index in [1.807, 2.05) is 4.57 Å². The van der Waals surface area contributed by atoms with Crippen molar-refractivity contribution in [1.29, 1.82) is 0 Å². The topological polar surface area (TPSA) is 58.4 Å². The Morgan fingerprint density at radius 1 is 1.24 bits per heavy atom. The van der Waals surface area contributed by atoms with Gasteiger partial charge in [-0.1, -0.05) is 13.3 Å². The Hall–Kier alpha value is -1.73. The molecule has 2 aliphatic heterocycles. The summed E-state index contributed by atoms with van der Waals surface area (Å²) in [7, 11) is 3.91. The summed E-state index contributed by atoms with van der Waals surface area (Å²) in [6.07, 6.45) is 3.06. The molecule has 0 N–H and O–H groups in total. The molecular weight excluding hydrogens is 336 g/mol. The van der Waals surface area contributed by atoms with E-state index in [0.29, 0.717) is 13.0 Å². The first-order valence-corrected chi connectivity index (χ1v) is 9.79. The van der Waals surface area contributed by atoms with Crippen LogP contribution in [0.1, 0.15) is 48.5 Å². The number of rotatable bonds is 2. The summed E-state index contributed by atoms with van der Waals surface area (Å²) in [5.41, 5.74) is 1.24. The minimum atomic E-state index is -0.0799. The van der Waals surface area contributed by atoms with E-state index in [-0.39, 0.29) is 17.5 Å². The molecular formula is C18H24N4O2S. The number of likely N-dealkylation sites (N-methyl/N-ethyl adjacent to an activating group) is 1. The van der Waals surface area contributed by atoms with Gasteiger partial charge in [-0.3, -0.25) is 14.2 Å². The van der Waals surface area contributed by atoms with Crippen LogP contribution in [0.2, 0.25) is 0 Å². The summed E-state index contributed by atoms with van der Waals surface area (Å²) in [5, 5.41) is 0.801. The third-order valence-corrected chi connectivity index (χ3v) is 6.48. The van der Waals surface area contributed by atoms with Gasteiger partial charge in [0.2, 0.25) is 5.91 Å². The van der Waals surface area contributed by atoms with Gasteiger partial charge in [0.15, 0.2) is 0 Å². The molecule has 0 bridgehead atoms. The van der Waals surface area contributed by atoms with Gasteiger partial charge in [0, 0.05) is 37.5 Å². The molecule has 0 radical (unpaired) electrons. The number of fused-ring (bicyclic) bond motifs is 4. The maximum atomic E-state index is 13.4. The second-order valence-corrected chi connectivity index (χ2v) is 8.35. The Bertz CT molecular complexity index is 901. The molecule has 1 amide bonds. The molecule has 134 valence electrons. The van der Waals surface area contributed by atoms with Crippen LogP contribution >= 0.6 is 11.3 Å². The Balaban J connectivity index is 1.95. The smallest absolute Gasteiger partial charge is 0.262 e. The van der Waals surface area contributed by atoms with Gasteiger partial charge in [0.25, 0.3) is 5.56 Å². The van der Waals surface area contributed by atoms with Crippen molar-refractivity contribution in [2.45, 2.75) is 51.7 Å². The van der Waals surface area contributed by atoms with Crippen LogP contribution in [0.15, 0.2) is 4.79 Å². The molecule has 1 atom stereocenters. The molecule has 0 spiro atoms. The van der Waals surface area contributed by atoms with Gasteiger partial charge in [-0.2, -0.15) is 0 Å². The highest BCUT2D eigenvalue weighted by Gasteiger charge is 2.30. The lowest BCUT2D eigenvalue weighted by atomic mass is 10.0. The van der Waals surface area contributed by atoms with Gasteiger partial charge in [-0.15, -0.1) is 11.3 Å². The number of nitrogens with zero attached hydrogens (tertiary/aromatic N) is 4. The lowest BCUT2D eigenvalue weighted by Gasteiger charge is -2.22. The number of hydrogen-bond donors (Lipinski definition) is 0. The van der Waals surface area contributed by atoms with Crippen LogP contribution in [0.3, 0.4) is 0 Å². The molecule has 4 rings (SSSR count). The van der Waals surface area contributed by atoms with Crippen molar-refractivity contribution in [3.05, 3.63) is 26.6 Å². The van der Waals surface area contributed by atoms with E-state index in [1.165, 1.54) is 10.4 Å². The highest BCUT2D eigenvalue weighted by Crippen LogP contribution is 2.33. The third kappa shape index (κ3) is 2.69. The Morgan fingerprint density at radius 2 is 2.04 bits per heavy atom. The fourth-order valence-electron chi connectivity index (χ4n) is 4.03. The summed E-state index contributed by atoms with van der Waals surface area (Å²) in [4.78, 5) is 36.7. The number of carbonyl (C=O) groups is 1. The zero-order valence-corrected chi connectivity index (χ0v) is 15.9. The molecule has 25 heavy (non-hydrogen) atoms. The van der Waals surface area contributed by atoms with Crippen molar-refractivity contribution in [1.82, 2.24) is 19.4 Å². The van der Waals surface area contributed by atoms with Crippen molar-refractivity contribution in [2.75, 3.05) is 20.6 Å². The van der Waals surface area contributed by atoms with Crippen LogP contribution in [0, 0.1) is 0 Å². The maximum absolute atomic E-state index is 13.4. The van der Waals surface area contributed by atoms with Gasteiger partial charge >= 0.3 is 0 Å². The van der Waals surface area contributed by atoms with Crippen molar-refractivity contribution < 1.29 is 4.79 Å². The molecule has 0 saturated heterocycles. The molecule has 4 heterocycles. The highest BCUT2D eigenvalue weighted by atomic mass is 32.1. The third-order valence-electron chi connectivity index (χ3n) is 5.37. The summed E-state index contributed by atoms with van der Waals surface area (Å²) in [6.45, 7) is 4.37.